The van der Waals surface area contributed by atoms with Gasteiger partial charge in [0, 0.05) is 24.3 Å². The lowest BCUT2D eigenvalue weighted by Crippen LogP contribution is -2.24. The van der Waals surface area contributed by atoms with E-state index < -0.39 is 0 Å². The fourth-order valence-electron chi connectivity index (χ4n) is 2.17. The number of ketones is 1. The lowest BCUT2D eigenvalue weighted by atomic mass is 10.1. The summed E-state index contributed by atoms with van der Waals surface area (Å²) in [6.45, 7) is 7.21. The molecule has 0 saturated carbocycles. The summed E-state index contributed by atoms with van der Waals surface area (Å²) in [5, 5.41) is 10.8. The molecule has 0 fully saturated rings. The van der Waals surface area contributed by atoms with Crippen molar-refractivity contribution < 1.29 is 9.59 Å². The molecule has 1 heterocycles. The van der Waals surface area contributed by atoms with Crippen LogP contribution < -0.4 is 10.2 Å². The molecule has 6 heteroatoms. The Morgan fingerprint density at radius 2 is 1.83 bits per heavy atom. The predicted molar refractivity (Wildman–Crippen MR) is 90.0 cm³/mol. The number of carbonyl (C=O) groups excluding carboxylic acids is 2. The van der Waals surface area contributed by atoms with Crippen LogP contribution in [-0.2, 0) is 0 Å². The molecule has 0 spiro atoms. The van der Waals surface area contributed by atoms with E-state index in [0.717, 1.165) is 18.9 Å². The molecular weight excluding hydrogens is 292 g/mol. The van der Waals surface area contributed by atoms with Gasteiger partial charge in [0.25, 0.3) is 5.91 Å². The molecule has 0 saturated heterocycles. The minimum absolute atomic E-state index is 0.0514. The Kier molecular flexibility index (Phi) is 5.41. The first kappa shape index (κ1) is 16.6. The summed E-state index contributed by atoms with van der Waals surface area (Å²) in [6, 6.07) is 10.2. The standard InChI is InChI=1S/C17H20N4O2/c1-4-21(5-2)16-10-9-15(19-20-16)17(23)18-14-8-6-7-13(11-14)12(3)22/h6-11H,4-5H2,1-3H3,(H,18,23). The van der Waals surface area contributed by atoms with Gasteiger partial charge in [-0.3, -0.25) is 9.59 Å². The monoisotopic (exact) mass is 312 g/mol. The molecule has 0 radical (unpaired) electrons. The van der Waals surface area contributed by atoms with Gasteiger partial charge in [0.15, 0.2) is 17.3 Å². The normalized spacial score (nSPS) is 10.2. The van der Waals surface area contributed by atoms with E-state index in [9.17, 15) is 9.59 Å². The summed E-state index contributed by atoms with van der Waals surface area (Å²) < 4.78 is 0. The highest BCUT2D eigenvalue weighted by atomic mass is 16.2. The number of nitrogens with one attached hydrogen (secondary N) is 1. The van der Waals surface area contributed by atoms with E-state index in [1.165, 1.54) is 6.92 Å². The molecule has 6 nitrogen and oxygen atoms in total. The zero-order valence-electron chi connectivity index (χ0n) is 13.5. The van der Waals surface area contributed by atoms with Crippen molar-refractivity contribution in [2.45, 2.75) is 20.8 Å². The van der Waals surface area contributed by atoms with Crippen molar-refractivity contribution in [1.29, 1.82) is 0 Å². The maximum absolute atomic E-state index is 12.2. The highest BCUT2D eigenvalue weighted by Gasteiger charge is 2.11. The first-order valence-electron chi connectivity index (χ1n) is 7.56. The molecular formula is C17H20N4O2. The third-order valence-corrected chi connectivity index (χ3v) is 3.50. The van der Waals surface area contributed by atoms with E-state index in [0.29, 0.717) is 11.3 Å². The van der Waals surface area contributed by atoms with Crippen molar-refractivity contribution >= 4 is 23.2 Å². The molecule has 0 atom stereocenters. The van der Waals surface area contributed by atoms with Gasteiger partial charge in [0.05, 0.1) is 0 Å². The van der Waals surface area contributed by atoms with Gasteiger partial charge in [-0.25, -0.2) is 0 Å². The smallest absolute Gasteiger partial charge is 0.276 e. The second kappa shape index (κ2) is 7.49. The molecule has 1 N–H and O–H groups in total. The average molecular weight is 312 g/mol. The van der Waals surface area contributed by atoms with E-state index in [4.69, 9.17) is 0 Å². The predicted octanol–water partition coefficient (Wildman–Crippen LogP) is 2.78. The average Bonchev–Trinajstić information content (AvgIpc) is 2.56. The highest BCUT2D eigenvalue weighted by Crippen LogP contribution is 2.13. The molecule has 2 aromatic rings. The first-order valence-corrected chi connectivity index (χ1v) is 7.56. The number of benzene rings is 1. The van der Waals surface area contributed by atoms with Gasteiger partial charge in [-0.05, 0) is 45.0 Å². The van der Waals surface area contributed by atoms with Crippen LogP contribution in [0, 0.1) is 0 Å². The number of carbonyl (C=O) groups is 2. The molecule has 23 heavy (non-hydrogen) atoms. The minimum Gasteiger partial charge on any atom is -0.356 e. The van der Waals surface area contributed by atoms with Crippen molar-refractivity contribution in [3.05, 3.63) is 47.7 Å². The number of hydrogen-bond acceptors (Lipinski definition) is 5. The second-order valence-electron chi connectivity index (χ2n) is 5.04. The Labute approximate surface area is 135 Å². The van der Waals surface area contributed by atoms with Gasteiger partial charge in [-0.2, -0.15) is 0 Å². The minimum atomic E-state index is -0.357. The zero-order chi connectivity index (χ0) is 16.8. The summed E-state index contributed by atoms with van der Waals surface area (Å²) in [5.41, 5.74) is 1.33. The van der Waals surface area contributed by atoms with Crippen molar-refractivity contribution in [2.75, 3.05) is 23.3 Å². The van der Waals surface area contributed by atoms with Crippen LogP contribution in [0.4, 0.5) is 11.5 Å². The van der Waals surface area contributed by atoms with Gasteiger partial charge in [-0.1, -0.05) is 12.1 Å². The number of amides is 1. The molecule has 0 aliphatic carbocycles. The number of nitrogens with zero attached hydrogens (tertiary/aromatic N) is 3. The Hall–Kier alpha value is -2.76. The van der Waals surface area contributed by atoms with Crippen LogP contribution in [0.15, 0.2) is 36.4 Å². The van der Waals surface area contributed by atoms with Crippen molar-refractivity contribution in [1.82, 2.24) is 10.2 Å². The summed E-state index contributed by atoms with van der Waals surface area (Å²) >= 11 is 0. The zero-order valence-corrected chi connectivity index (χ0v) is 13.5. The van der Waals surface area contributed by atoms with Crippen LogP contribution in [0.3, 0.4) is 0 Å². The Balaban J connectivity index is 2.12. The van der Waals surface area contributed by atoms with Crippen LogP contribution in [0.2, 0.25) is 0 Å². The van der Waals surface area contributed by atoms with E-state index in [1.807, 2.05) is 18.7 Å². The van der Waals surface area contributed by atoms with Crippen LogP contribution in [0.25, 0.3) is 0 Å². The quantitative estimate of drug-likeness (QED) is 0.830. The molecule has 1 aromatic carbocycles. The molecule has 0 aliphatic rings. The van der Waals surface area contributed by atoms with Gasteiger partial charge in [0.2, 0.25) is 0 Å². The van der Waals surface area contributed by atoms with Crippen LogP contribution >= 0.6 is 0 Å². The van der Waals surface area contributed by atoms with Gasteiger partial charge >= 0.3 is 0 Å². The van der Waals surface area contributed by atoms with Crippen molar-refractivity contribution in [2.24, 2.45) is 0 Å². The Morgan fingerprint density at radius 3 is 2.39 bits per heavy atom. The van der Waals surface area contributed by atoms with Crippen LogP contribution in [0.1, 0.15) is 41.6 Å². The maximum Gasteiger partial charge on any atom is 0.276 e. The number of rotatable bonds is 6. The summed E-state index contributed by atoms with van der Waals surface area (Å²) in [7, 11) is 0. The van der Waals surface area contributed by atoms with E-state index in [1.54, 1.807) is 36.4 Å². The molecule has 0 unspecified atom stereocenters. The fraction of sp³-hybridized carbons (Fsp3) is 0.294. The summed E-state index contributed by atoms with van der Waals surface area (Å²) in [6.07, 6.45) is 0. The van der Waals surface area contributed by atoms with Crippen LogP contribution in [0.5, 0.6) is 0 Å². The third-order valence-electron chi connectivity index (χ3n) is 3.50. The van der Waals surface area contributed by atoms with Crippen molar-refractivity contribution in [3.8, 4) is 0 Å². The van der Waals surface area contributed by atoms with Gasteiger partial charge < -0.3 is 10.2 Å². The highest BCUT2D eigenvalue weighted by molar-refractivity contribution is 6.03. The van der Waals surface area contributed by atoms with E-state index in [-0.39, 0.29) is 17.4 Å². The lowest BCUT2D eigenvalue weighted by Gasteiger charge is -2.18. The molecule has 1 amide bonds. The summed E-state index contributed by atoms with van der Waals surface area (Å²) in [5.74, 6) is 0.332. The largest absolute Gasteiger partial charge is 0.356 e. The number of hydrogen-bond donors (Lipinski definition) is 1. The second-order valence-corrected chi connectivity index (χ2v) is 5.04. The van der Waals surface area contributed by atoms with Gasteiger partial charge in [-0.15, -0.1) is 10.2 Å². The molecule has 0 aliphatic heterocycles. The molecule has 1 aromatic heterocycles. The van der Waals surface area contributed by atoms with E-state index >= 15 is 0 Å². The van der Waals surface area contributed by atoms with E-state index in [2.05, 4.69) is 15.5 Å². The third kappa shape index (κ3) is 4.12. The van der Waals surface area contributed by atoms with Gasteiger partial charge in [0.1, 0.15) is 0 Å². The Bertz CT molecular complexity index is 694. The van der Waals surface area contributed by atoms with Crippen LogP contribution in [-0.4, -0.2) is 35.0 Å². The number of Topliss-reactive ketones (excluding diaryl/α,β-unsaturated/α-hetero) is 1. The number of aromatic nitrogens is 2. The molecule has 0 bridgehead atoms. The number of anilines is 2. The SMILES string of the molecule is CCN(CC)c1ccc(C(=O)Nc2cccc(C(C)=O)c2)nn1. The first-order chi connectivity index (χ1) is 11.0. The fourth-order valence-corrected chi connectivity index (χ4v) is 2.17. The lowest BCUT2D eigenvalue weighted by molar-refractivity contribution is 0.100. The topological polar surface area (TPSA) is 75.2 Å². The molecule has 120 valence electrons. The van der Waals surface area contributed by atoms with Crippen molar-refractivity contribution in [3.63, 3.8) is 0 Å². The summed E-state index contributed by atoms with van der Waals surface area (Å²) in [4.78, 5) is 25.6. The molecule has 2 rings (SSSR count). The maximum atomic E-state index is 12.2. The Morgan fingerprint density at radius 1 is 1.09 bits per heavy atom.